The fourth-order valence-corrected chi connectivity index (χ4v) is 2.66. The van der Waals surface area contributed by atoms with Crippen LogP contribution in [0.25, 0.3) is 0 Å². The van der Waals surface area contributed by atoms with Gasteiger partial charge in [0.15, 0.2) is 5.79 Å². The maximum absolute atomic E-state index is 11.5. The Kier molecular flexibility index (Phi) is 4.36. The van der Waals surface area contributed by atoms with Crippen molar-refractivity contribution in [3.05, 3.63) is 0 Å². The summed E-state index contributed by atoms with van der Waals surface area (Å²) in [6.45, 7) is 1.43. The van der Waals surface area contributed by atoms with Crippen LogP contribution in [0.2, 0.25) is 0 Å². The molecule has 92 valence electrons. The van der Waals surface area contributed by atoms with E-state index in [1.54, 1.807) is 0 Å². The van der Waals surface area contributed by atoms with Crippen LogP contribution in [0.1, 0.15) is 57.8 Å². The van der Waals surface area contributed by atoms with Crippen molar-refractivity contribution in [2.45, 2.75) is 63.6 Å². The molecule has 1 saturated heterocycles. The summed E-state index contributed by atoms with van der Waals surface area (Å²) in [6, 6.07) is 0. The third-order valence-corrected chi connectivity index (χ3v) is 3.59. The van der Waals surface area contributed by atoms with Gasteiger partial charge in [0, 0.05) is 25.7 Å². The van der Waals surface area contributed by atoms with Gasteiger partial charge >= 0.3 is 0 Å². The summed E-state index contributed by atoms with van der Waals surface area (Å²) in [5, 5.41) is 0. The van der Waals surface area contributed by atoms with Crippen molar-refractivity contribution in [1.29, 1.82) is 0 Å². The first-order chi connectivity index (χ1) is 7.81. The van der Waals surface area contributed by atoms with Crippen molar-refractivity contribution in [1.82, 2.24) is 0 Å². The average Bonchev–Trinajstić information content (AvgIpc) is 2.70. The first-order valence-electron chi connectivity index (χ1n) is 6.60. The Bertz CT molecular complexity index is 231. The lowest BCUT2D eigenvalue weighted by Crippen LogP contribution is -2.30. The second-order valence-corrected chi connectivity index (χ2v) is 4.91. The van der Waals surface area contributed by atoms with Gasteiger partial charge in [0.1, 0.15) is 5.78 Å². The average molecular weight is 226 g/mol. The molecule has 1 aliphatic heterocycles. The van der Waals surface area contributed by atoms with Crippen molar-refractivity contribution in [2.75, 3.05) is 13.2 Å². The Morgan fingerprint density at radius 2 is 1.44 bits per heavy atom. The molecule has 2 fully saturated rings. The molecule has 3 heteroatoms. The summed E-state index contributed by atoms with van der Waals surface area (Å²) >= 11 is 0. The summed E-state index contributed by atoms with van der Waals surface area (Å²) in [5.41, 5.74) is 0. The maximum atomic E-state index is 11.5. The lowest BCUT2D eigenvalue weighted by atomic mass is 10.0. The monoisotopic (exact) mass is 226 g/mol. The van der Waals surface area contributed by atoms with E-state index in [1.165, 1.54) is 12.8 Å². The summed E-state index contributed by atoms with van der Waals surface area (Å²) in [4.78, 5) is 11.5. The molecule has 2 aliphatic rings. The summed E-state index contributed by atoms with van der Waals surface area (Å²) in [7, 11) is 0. The minimum Gasteiger partial charge on any atom is -0.348 e. The van der Waals surface area contributed by atoms with Crippen LogP contribution in [0, 0.1) is 0 Å². The van der Waals surface area contributed by atoms with Gasteiger partial charge in [-0.25, -0.2) is 0 Å². The lowest BCUT2D eigenvalue weighted by Gasteiger charge is -2.27. The van der Waals surface area contributed by atoms with Gasteiger partial charge in [-0.05, 0) is 19.3 Å². The summed E-state index contributed by atoms with van der Waals surface area (Å²) < 4.78 is 11.5. The van der Waals surface area contributed by atoms with Crippen LogP contribution in [0.5, 0.6) is 0 Å². The largest absolute Gasteiger partial charge is 0.348 e. The van der Waals surface area contributed by atoms with Crippen LogP contribution >= 0.6 is 0 Å². The van der Waals surface area contributed by atoms with Crippen LogP contribution < -0.4 is 0 Å². The van der Waals surface area contributed by atoms with Gasteiger partial charge in [-0.2, -0.15) is 0 Å². The van der Waals surface area contributed by atoms with Gasteiger partial charge in [-0.3, -0.25) is 4.79 Å². The topological polar surface area (TPSA) is 35.5 Å². The molecule has 3 nitrogen and oxygen atoms in total. The fourth-order valence-electron chi connectivity index (χ4n) is 2.66. The number of ketones is 1. The number of carbonyl (C=O) groups excluding carboxylic acids is 1. The van der Waals surface area contributed by atoms with E-state index in [0.29, 0.717) is 25.4 Å². The fraction of sp³-hybridized carbons (Fsp3) is 0.923. The highest BCUT2D eigenvalue weighted by atomic mass is 16.7. The Morgan fingerprint density at radius 1 is 0.812 bits per heavy atom. The number of hydrogen-bond donors (Lipinski definition) is 0. The highest BCUT2D eigenvalue weighted by molar-refractivity contribution is 5.78. The Morgan fingerprint density at radius 3 is 2.25 bits per heavy atom. The van der Waals surface area contributed by atoms with E-state index in [9.17, 15) is 4.79 Å². The van der Waals surface area contributed by atoms with Crippen LogP contribution in [0.15, 0.2) is 0 Å². The van der Waals surface area contributed by atoms with Crippen molar-refractivity contribution in [3.8, 4) is 0 Å². The van der Waals surface area contributed by atoms with Gasteiger partial charge in [-0.15, -0.1) is 0 Å². The molecule has 1 heterocycles. The number of hydrogen-bond acceptors (Lipinski definition) is 3. The SMILES string of the molecule is O=C1CCCCCCC2(CCC1)OCCO2. The highest BCUT2D eigenvalue weighted by Crippen LogP contribution is 2.32. The molecule has 1 spiro atoms. The highest BCUT2D eigenvalue weighted by Gasteiger charge is 2.35. The molecule has 0 aromatic heterocycles. The molecular weight excluding hydrogens is 204 g/mol. The molecule has 0 aromatic rings. The quantitative estimate of drug-likeness (QED) is 0.637. The van der Waals surface area contributed by atoms with E-state index in [0.717, 1.165) is 38.5 Å². The Balaban J connectivity index is 1.90. The minimum atomic E-state index is -0.343. The van der Waals surface area contributed by atoms with E-state index in [2.05, 4.69) is 0 Å². The Hall–Kier alpha value is -0.410. The zero-order valence-corrected chi connectivity index (χ0v) is 10.0. The summed E-state index contributed by atoms with van der Waals surface area (Å²) in [5.74, 6) is 0.0694. The Labute approximate surface area is 97.5 Å². The number of carbonyl (C=O) groups is 1. The molecule has 0 N–H and O–H groups in total. The molecule has 0 amide bonds. The van der Waals surface area contributed by atoms with Crippen molar-refractivity contribution >= 4 is 5.78 Å². The van der Waals surface area contributed by atoms with Crippen LogP contribution in [-0.2, 0) is 14.3 Å². The van der Waals surface area contributed by atoms with E-state index >= 15 is 0 Å². The zero-order valence-electron chi connectivity index (χ0n) is 10.0. The molecule has 0 atom stereocenters. The van der Waals surface area contributed by atoms with E-state index in [1.807, 2.05) is 0 Å². The third-order valence-electron chi connectivity index (χ3n) is 3.59. The van der Waals surface area contributed by atoms with Gasteiger partial charge in [-0.1, -0.05) is 12.8 Å². The maximum Gasteiger partial charge on any atom is 0.168 e. The van der Waals surface area contributed by atoms with Gasteiger partial charge in [0.25, 0.3) is 0 Å². The molecule has 0 bridgehead atoms. The van der Waals surface area contributed by atoms with E-state index < -0.39 is 0 Å². The number of rotatable bonds is 0. The molecule has 2 rings (SSSR count). The molecule has 1 aliphatic carbocycles. The molecular formula is C13H22O3. The third kappa shape index (κ3) is 3.29. The van der Waals surface area contributed by atoms with Gasteiger partial charge in [0.2, 0.25) is 0 Å². The molecule has 1 saturated carbocycles. The van der Waals surface area contributed by atoms with E-state index in [4.69, 9.17) is 9.47 Å². The van der Waals surface area contributed by atoms with Crippen molar-refractivity contribution in [3.63, 3.8) is 0 Å². The zero-order chi connectivity index (χ0) is 11.3. The number of ether oxygens (including phenoxy) is 2. The lowest BCUT2D eigenvalue weighted by molar-refractivity contribution is -0.168. The predicted molar refractivity (Wildman–Crippen MR) is 61.2 cm³/mol. The number of Topliss-reactive ketones (excluding diaryl/α,β-unsaturated/α-hetero) is 1. The first kappa shape index (κ1) is 12.1. The predicted octanol–water partition coefficient (Wildman–Crippen LogP) is 2.82. The smallest absolute Gasteiger partial charge is 0.168 e. The van der Waals surface area contributed by atoms with Crippen LogP contribution in [0.3, 0.4) is 0 Å². The van der Waals surface area contributed by atoms with Crippen molar-refractivity contribution in [2.24, 2.45) is 0 Å². The molecule has 0 unspecified atom stereocenters. The second kappa shape index (κ2) is 5.78. The molecule has 0 radical (unpaired) electrons. The van der Waals surface area contributed by atoms with Crippen molar-refractivity contribution < 1.29 is 14.3 Å². The molecule has 16 heavy (non-hydrogen) atoms. The molecule has 0 aromatic carbocycles. The summed E-state index contributed by atoms with van der Waals surface area (Å²) in [6.07, 6.45) is 8.87. The first-order valence-corrected chi connectivity index (χ1v) is 6.60. The normalized spacial score (nSPS) is 27.9. The van der Waals surface area contributed by atoms with Crippen LogP contribution in [0.4, 0.5) is 0 Å². The second-order valence-electron chi connectivity index (χ2n) is 4.91. The van der Waals surface area contributed by atoms with Gasteiger partial charge in [0.05, 0.1) is 13.2 Å². The van der Waals surface area contributed by atoms with Gasteiger partial charge < -0.3 is 9.47 Å². The standard InChI is InChI=1S/C13H22O3/c14-12-6-3-1-2-4-8-13(9-5-7-12)15-10-11-16-13/h1-11H2. The van der Waals surface area contributed by atoms with Crippen LogP contribution in [-0.4, -0.2) is 24.8 Å². The van der Waals surface area contributed by atoms with E-state index in [-0.39, 0.29) is 5.79 Å². The minimum absolute atomic E-state index is 0.343.